The minimum absolute atomic E-state index is 0.0524. The van der Waals surface area contributed by atoms with E-state index in [0.29, 0.717) is 29.0 Å². The Hall–Kier alpha value is -4.84. The number of carbonyl (C=O) groups excluding carboxylic acids is 2. The number of nitrogens with zero attached hydrogens (tertiary/aromatic N) is 4. The van der Waals surface area contributed by atoms with Crippen molar-refractivity contribution in [3.63, 3.8) is 0 Å². The first kappa shape index (κ1) is 35.0. The molecule has 1 aliphatic rings. The monoisotopic (exact) mass is 711 g/mol. The fourth-order valence-corrected chi connectivity index (χ4v) is 7.54. The van der Waals surface area contributed by atoms with E-state index in [2.05, 4.69) is 23.6 Å². The fraction of sp³-hybridized carbons (Fsp3) is 0.263. The van der Waals surface area contributed by atoms with Crippen molar-refractivity contribution in [3.05, 3.63) is 118 Å². The van der Waals surface area contributed by atoms with E-state index in [1.165, 1.54) is 30.5 Å². The van der Waals surface area contributed by atoms with Gasteiger partial charge in [-0.25, -0.2) is 23.1 Å². The summed E-state index contributed by atoms with van der Waals surface area (Å²) in [6.07, 6.45) is 3.68. The lowest BCUT2D eigenvalue weighted by Gasteiger charge is -2.36. The topological polar surface area (TPSA) is 133 Å². The first-order chi connectivity index (χ1) is 24.1. The van der Waals surface area contributed by atoms with E-state index in [4.69, 9.17) is 16.6 Å². The van der Waals surface area contributed by atoms with Crippen molar-refractivity contribution in [2.45, 2.75) is 50.6 Å². The fourth-order valence-electron chi connectivity index (χ4n) is 6.34. The Morgan fingerprint density at radius 1 is 0.940 bits per heavy atom. The number of hydrogen-bond acceptors (Lipinski definition) is 8. The maximum absolute atomic E-state index is 14.6. The Morgan fingerprint density at radius 2 is 1.64 bits per heavy atom. The number of fused-ring (bicyclic) bond motifs is 2. The molecule has 0 saturated heterocycles. The highest BCUT2D eigenvalue weighted by Gasteiger charge is 2.32. The lowest BCUT2D eigenvalue weighted by molar-refractivity contribution is 0.0545. The van der Waals surface area contributed by atoms with E-state index in [1.807, 2.05) is 41.3 Å². The van der Waals surface area contributed by atoms with Crippen LogP contribution in [-0.2, 0) is 23.0 Å². The average molecular weight is 712 g/mol. The summed E-state index contributed by atoms with van der Waals surface area (Å²) in [5.41, 5.74) is 2.66. The van der Waals surface area contributed by atoms with Gasteiger partial charge in [0.25, 0.3) is 21.8 Å². The number of carbonyl (C=O) groups is 2. The van der Waals surface area contributed by atoms with Crippen molar-refractivity contribution >= 4 is 50.2 Å². The number of nitrogens with one attached hydrogen (secondary N) is 1. The number of aromatic nitrogens is 2. The number of benzene rings is 4. The number of aliphatic hydroxyl groups is 1. The molecule has 1 atom stereocenters. The molecule has 2 heterocycles. The lowest BCUT2D eigenvalue weighted by atomic mass is 9.92. The van der Waals surface area contributed by atoms with Crippen molar-refractivity contribution in [1.29, 1.82) is 0 Å². The largest absolute Gasteiger partial charge is 0.394 e. The second kappa shape index (κ2) is 15.0. The van der Waals surface area contributed by atoms with E-state index < -0.39 is 27.9 Å². The molecule has 1 aliphatic heterocycles. The van der Waals surface area contributed by atoms with Crippen LogP contribution in [-0.4, -0.2) is 65.9 Å². The third-order valence-electron chi connectivity index (χ3n) is 8.85. The van der Waals surface area contributed by atoms with E-state index in [1.54, 1.807) is 29.2 Å². The van der Waals surface area contributed by atoms with Gasteiger partial charge in [-0.2, -0.15) is 0 Å². The summed E-state index contributed by atoms with van der Waals surface area (Å²) in [7, 11) is -4.27. The normalized spacial score (nSPS) is 14.3. The lowest BCUT2D eigenvalue weighted by Crippen LogP contribution is -2.46. The quantitative estimate of drug-likeness (QED) is 0.164. The molecule has 0 aliphatic carbocycles. The summed E-state index contributed by atoms with van der Waals surface area (Å²) in [6.45, 7) is 5.52. The smallest absolute Gasteiger partial charge is 0.265 e. The molecule has 10 nitrogen and oxygen atoms in total. The zero-order valence-corrected chi connectivity index (χ0v) is 29.4. The van der Waals surface area contributed by atoms with Crippen molar-refractivity contribution < 1.29 is 23.1 Å². The van der Waals surface area contributed by atoms with Crippen LogP contribution < -0.4 is 9.62 Å². The maximum Gasteiger partial charge on any atom is 0.265 e. The van der Waals surface area contributed by atoms with Gasteiger partial charge in [-0.05, 0) is 65.4 Å². The highest BCUT2D eigenvalue weighted by molar-refractivity contribution is 7.90. The molecule has 0 fully saturated rings. The van der Waals surface area contributed by atoms with Crippen LogP contribution >= 0.6 is 11.6 Å². The molecule has 0 saturated carbocycles. The Labute approximate surface area is 296 Å². The minimum atomic E-state index is -4.27. The molecule has 0 radical (unpaired) electrons. The van der Waals surface area contributed by atoms with Crippen LogP contribution in [0.3, 0.4) is 0 Å². The second-order valence-electron chi connectivity index (χ2n) is 12.3. The second-order valence-corrected chi connectivity index (χ2v) is 14.4. The van der Waals surface area contributed by atoms with E-state index in [0.717, 1.165) is 42.4 Å². The molecule has 2 N–H and O–H groups in total. The van der Waals surface area contributed by atoms with Crippen molar-refractivity contribution in [1.82, 2.24) is 19.6 Å². The van der Waals surface area contributed by atoms with Crippen LogP contribution in [0, 0.1) is 0 Å². The standard InChI is InChI=1S/C38H38ClN5O5S/c1-3-17-43(18-4-2)38-40-22-34(39)35(41-38)32-16-14-28(36(46)42-50(48,49)31-15-13-25-9-5-6-11-27(25)20-31)21-33(32)37(47)44-23-29-12-8-7-10-26(29)19-30(44)24-45/h5-16,20-22,30,45H,3-4,17-19,23-24H2,1-2H3,(H,42,46)/t30-/m0/s1. The molecule has 50 heavy (non-hydrogen) atoms. The Bertz CT molecular complexity index is 2170. The molecular formula is C38H38ClN5O5S. The molecule has 6 rings (SSSR count). The molecule has 0 spiro atoms. The van der Waals surface area contributed by atoms with Crippen molar-refractivity contribution in [2.24, 2.45) is 0 Å². The van der Waals surface area contributed by atoms with Gasteiger partial charge in [-0.15, -0.1) is 0 Å². The molecular weight excluding hydrogens is 674 g/mol. The van der Waals surface area contributed by atoms with Gasteiger partial charge in [0, 0.05) is 36.3 Å². The number of amides is 2. The van der Waals surface area contributed by atoms with Gasteiger partial charge in [-0.3, -0.25) is 9.59 Å². The summed E-state index contributed by atoms with van der Waals surface area (Å²) in [5, 5.41) is 12.2. The Balaban J connectivity index is 1.42. The van der Waals surface area contributed by atoms with Gasteiger partial charge in [0.05, 0.1) is 34.5 Å². The Morgan fingerprint density at radius 3 is 2.36 bits per heavy atom. The van der Waals surface area contributed by atoms with Crippen LogP contribution in [0.15, 0.2) is 96.0 Å². The molecule has 12 heteroatoms. The van der Waals surface area contributed by atoms with Gasteiger partial charge >= 0.3 is 0 Å². The van der Waals surface area contributed by atoms with E-state index >= 15 is 0 Å². The van der Waals surface area contributed by atoms with Crippen LogP contribution in [0.25, 0.3) is 22.0 Å². The van der Waals surface area contributed by atoms with Crippen LogP contribution in [0.2, 0.25) is 5.02 Å². The average Bonchev–Trinajstić information content (AvgIpc) is 3.13. The minimum Gasteiger partial charge on any atom is -0.394 e. The first-order valence-corrected chi connectivity index (χ1v) is 18.5. The Kier molecular flexibility index (Phi) is 10.5. The number of hydrogen-bond donors (Lipinski definition) is 2. The summed E-state index contributed by atoms with van der Waals surface area (Å²) >= 11 is 6.71. The third kappa shape index (κ3) is 7.21. The van der Waals surface area contributed by atoms with E-state index in [-0.39, 0.29) is 34.2 Å². The van der Waals surface area contributed by atoms with Crippen molar-refractivity contribution in [3.8, 4) is 11.3 Å². The van der Waals surface area contributed by atoms with Crippen LogP contribution in [0.4, 0.5) is 5.95 Å². The SMILES string of the molecule is CCCN(CCC)c1ncc(Cl)c(-c2ccc(C(=O)NS(=O)(=O)c3ccc4ccccc4c3)cc2C(=O)N2Cc3ccccc3C[C@H]2CO)n1. The molecule has 0 bridgehead atoms. The first-order valence-electron chi connectivity index (χ1n) is 16.6. The van der Waals surface area contributed by atoms with Crippen LogP contribution in [0.1, 0.15) is 58.5 Å². The van der Waals surface area contributed by atoms with E-state index in [9.17, 15) is 23.1 Å². The number of anilines is 1. The highest BCUT2D eigenvalue weighted by Crippen LogP contribution is 2.34. The third-order valence-corrected chi connectivity index (χ3v) is 10.5. The highest BCUT2D eigenvalue weighted by atomic mass is 35.5. The number of aliphatic hydroxyl groups excluding tert-OH is 1. The molecule has 5 aromatic rings. The maximum atomic E-state index is 14.6. The molecule has 0 unspecified atom stereocenters. The summed E-state index contributed by atoms with van der Waals surface area (Å²) in [4.78, 5) is 41.0. The van der Waals surface area contributed by atoms with Crippen molar-refractivity contribution in [2.75, 3.05) is 24.6 Å². The van der Waals surface area contributed by atoms with Gasteiger partial charge < -0.3 is 14.9 Å². The predicted molar refractivity (Wildman–Crippen MR) is 195 cm³/mol. The number of halogens is 1. The number of sulfonamides is 1. The van der Waals surface area contributed by atoms with Gasteiger partial charge in [0.1, 0.15) is 0 Å². The summed E-state index contributed by atoms with van der Waals surface area (Å²) in [6, 6.07) is 23.5. The zero-order valence-electron chi connectivity index (χ0n) is 27.8. The molecule has 258 valence electrons. The van der Waals surface area contributed by atoms with Gasteiger partial charge in [-0.1, -0.05) is 86.1 Å². The molecule has 4 aromatic carbocycles. The van der Waals surface area contributed by atoms with Crippen LogP contribution in [0.5, 0.6) is 0 Å². The van der Waals surface area contributed by atoms with Gasteiger partial charge in [0.2, 0.25) is 5.95 Å². The summed E-state index contributed by atoms with van der Waals surface area (Å²) < 4.78 is 28.9. The predicted octanol–water partition coefficient (Wildman–Crippen LogP) is 6.25. The molecule has 2 amide bonds. The van der Waals surface area contributed by atoms with Gasteiger partial charge in [0.15, 0.2) is 0 Å². The molecule has 1 aromatic heterocycles. The zero-order chi connectivity index (χ0) is 35.4. The number of rotatable bonds is 11. The summed E-state index contributed by atoms with van der Waals surface area (Å²) in [5.74, 6) is -0.918.